The zero-order valence-corrected chi connectivity index (χ0v) is 22.4. The van der Waals surface area contributed by atoms with Crippen molar-refractivity contribution in [2.75, 3.05) is 0 Å². The summed E-state index contributed by atoms with van der Waals surface area (Å²) < 4.78 is 11.7. The Kier molecular flexibility index (Phi) is 4.34. The number of ether oxygens (including phenoxy) is 2. The third kappa shape index (κ3) is 2.48. The summed E-state index contributed by atoms with van der Waals surface area (Å²) in [6.07, 6.45) is 10.9. The maximum atomic E-state index is 12.5. The molecular formula is C30H42O6. The van der Waals surface area contributed by atoms with Crippen molar-refractivity contribution in [3.05, 3.63) is 12.2 Å². The number of aliphatic hydroxyl groups excluding tert-OH is 1. The quantitative estimate of drug-likeness (QED) is 0.527. The standard InChI is InChI=1S/C30H42O6/c1-25(2)21-14-19(31)23-27(4)8-6-18(17-12-16-13-20(17)35-24(33)28(16,5)34)26(27,3)10-11-30(23)15-29(21,30)9-7-22(32)36-25/h7,9,16-21,23,31,34H,6,8,10-15H2,1-5H3/t16-,17+,18-,19+,20?,21+,23+,26-,27+,28-,29-,30+/m1/s1. The summed E-state index contributed by atoms with van der Waals surface area (Å²) in [5, 5.41) is 22.7. The second-order valence-corrected chi connectivity index (χ2v) is 15.0. The molecule has 1 saturated heterocycles. The maximum absolute atomic E-state index is 12.5. The molecule has 0 aromatic rings. The van der Waals surface area contributed by atoms with Gasteiger partial charge in [0, 0.05) is 23.3 Å². The predicted octanol–water partition coefficient (Wildman–Crippen LogP) is 4.17. The molecule has 6 nitrogen and oxygen atoms in total. The van der Waals surface area contributed by atoms with Gasteiger partial charge in [0.1, 0.15) is 11.7 Å². The lowest BCUT2D eigenvalue weighted by atomic mass is 9.43. The van der Waals surface area contributed by atoms with E-state index in [2.05, 4.69) is 19.9 Å². The molecule has 6 fully saturated rings. The van der Waals surface area contributed by atoms with E-state index in [1.54, 1.807) is 13.0 Å². The molecule has 0 amide bonds. The van der Waals surface area contributed by atoms with E-state index >= 15 is 0 Å². The van der Waals surface area contributed by atoms with Crippen LogP contribution in [0.15, 0.2) is 12.2 Å². The van der Waals surface area contributed by atoms with Gasteiger partial charge in [-0.2, -0.15) is 0 Å². The number of carbonyl (C=O) groups excluding carboxylic acids is 2. The third-order valence-electron chi connectivity index (χ3n) is 13.6. The number of rotatable bonds is 1. The number of fused-ring (bicyclic) bond motifs is 4. The van der Waals surface area contributed by atoms with Crippen LogP contribution in [0.4, 0.5) is 0 Å². The van der Waals surface area contributed by atoms with E-state index < -0.39 is 23.3 Å². The third-order valence-corrected chi connectivity index (χ3v) is 13.6. The summed E-state index contributed by atoms with van der Waals surface area (Å²) in [7, 11) is 0. The van der Waals surface area contributed by atoms with Crippen LogP contribution in [-0.2, 0) is 19.1 Å². The molecule has 2 aliphatic heterocycles. The topological polar surface area (TPSA) is 93.1 Å². The lowest BCUT2D eigenvalue weighted by molar-refractivity contribution is -0.194. The molecule has 6 heteroatoms. The summed E-state index contributed by atoms with van der Waals surface area (Å²) in [6.45, 7) is 10.6. The number of carbonyl (C=O) groups is 2. The molecule has 7 rings (SSSR count). The van der Waals surface area contributed by atoms with Crippen LogP contribution in [0.5, 0.6) is 0 Å². The van der Waals surface area contributed by atoms with E-state index in [0.717, 1.165) is 44.9 Å². The molecule has 12 atom stereocenters. The van der Waals surface area contributed by atoms with Crippen LogP contribution in [0.3, 0.4) is 0 Å². The highest BCUT2D eigenvalue weighted by molar-refractivity contribution is 5.83. The van der Waals surface area contributed by atoms with Gasteiger partial charge < -0.3 is 19.7 Å². The fourth-order valence-corrected chi connectivity index (χ4v) is 11.7. The summed E-state index contributed by atoms with van der Waals surface area (Å²) in [5.74, 6) is 0.267. The van der Waals surface area contributed by atoms with Crippen LogP contribution in [-0.4, -0.2) is 45.6 Å². The Bertz CT molecular complexity index is 1080. The molecule has 1 unspecified atom stereocenters. The molecule has 2 N–H and O–H groups in total. The average Bonchev–Trinajstić information content (AvgIpc) is 3.18. The molecule has 0 radical (unpaired) electrons. The molecule has 5 aliphatic carbocycles. The van der Waals surface area contributed by atoms with E-state index in [0.29, 0.717) is 12.3 Å². The zero-order chi connectivity index (χ0) is 25.7. The van der Waals surface area contributed by atoms with Crippen molar-refractivity contribution in [1.82, 2.24) is 0 Å². The molecule has 2 heterocycles. The van der Waals surface area contributed by atoms with E-state index in [9.17, 15) is 19.8 Å². The number of cyclic esters (lactones) is 1. The highest BCUT2D eigenvalue weighted by Gasteiger charge is 2.83. The second-order valence-electron chi connectivity index (χ2n) is 15.0. The second kappa shape index (κ2) is 6.59. The Labute approximate surface area is 214 Å². The summed E-state index contributed by atoms with van der Waals surface area (Å²) in [5.41, 5.74) is -2.02. The Morgan fingerprint density at radius 2 is 1.72 bits per heavy atom. The molecule has 2 spiro atoms. The first-order chi connectivity index (χ1) is 16.7. The smallest absolute Gasteiger partial charge is 0.338 e. The van der Waals surface area contributed by atoms with Gasteiger partial charge in [-0.15, -0.1) is 0 Å². The Morgan fingerprint density at radius 3 is 2.47 bits per heavy atom. The van der Waals surface area contributed by atoms with Crippen LogP contribution in [0.25, 0.3) is 0 Å². The fraction of sp³-hybridized carbons (Fsp3) is 0.867. The highest BCUT2D eigenvalue weighted by Crippen LogP contribution is 2.87. The van der Waals surface area contributed by atoms with Gasteiger partial charge >= 0.3 is 11.9 Å². The first kappa shape index (κ1) is 23.7. The molecule has 36 heavy (non-hydrogen) atoms. The molecule has 0 aromatic carbocycles. The number of hydrogen-bond donors (Lipinski definition) is 2. The number of allylic oxidation sites excluding steroid dienone is 1. The van der Waals surface area contributed by atoms with Crippen LogP contribution in [0, 0.1) is 51.2 Å². The van der Waals surface area contributed by atoms with Gasteiger partial charge in [0.25, 0.3) is 0 Å². The van der Waals surface area contributed by atoms with Gasteiger partial charge in [-0.3, -0.25) is 0 Å². The zero-order valence-electron chi connectivity index (χ0n) is 22.4. The van der Waals surface area contributed by atoms with Crippen molar-refractivity contribution < 1.29 is 29.3 Å². The minimum Gasteiger partial charge on any atom is -0.460 e. The SMILES string of the molecule is CC1(C)OC(=O)C=C[C@]23C[C@]24CC[C@]2(C)[C@@H]([C@@H]5C[C@@H]6CC5OC(=O)[C@]6(C)O)CC[C@@]2(C)[C@@H]4[C@@H](O)C[C@@H]13. The highest BCUT2D eigenvalue weighted by atomic mass is 16.6. The van der Waals surface area contributed by atoms with Crippen molar-refractivity contribution in [3.8, 4) is 0 Å². The summed E-state index contributed by atoms with van der Waals surface area (Å²) >= 11 is 0. The van der Waals surface area contributed by atoms with Gasteiger partial charge in [0.15, 0.2) is 5.60 Å². The number of esters is 2. The Balaban J connectivity index is 1.25. The first-order valence-corrected chi connectivity index (χ1v) is 14.3. The lowest BCUT2D eigenvalue weighted by Crippen LogP contribution is -2.60. The van der Waals surface area contributed by atoms with Crippen molar-refractivity contribution in [1.29, 1.82) is 0 Å². The minimum atomic E-state index is -1.38. The van der Waals surface area contributed by atoms with Crippen molar-refractivity contribution in [2.24, 2.45) is 51.2 Å². The Hall–Kier alpha value is -1.40. The normalized spacial score (nSPS) is 60.1. The van der Waals surface area contributed by atoms with Crippen LogP contribution >= 0.6 is 0 Å². The van der Waals surface area contributed by atoms with Crippen LogP contribution in [0.1, 0.15) is 86.0 Å². The molecule has 5 saturated carbocycles. The Morgan fingerprint density at radius 1 is 0.972 bits per heavy atom. The van der Waals surface area contributed by atoms with Gasteiger partial charge in [0.2, 0.25) is 0 Å². The maximum Gasteiger partial charge on any atom is 0.338 e. The van der Waals surface area contributed by atoms with E-state index in [-0.39, 0.29) is 57.4 Å². The predicted molar refractivity (Wildman–Crippen MR) is 131 cm³/mol. The molecular weight excluding hydrogens is 456 g/mol. The number of aliphatic hydroxyl groups is 2. The largest absolute Gasteiger partial charge is 0.460 e. The average molecular weight is 499 g/mol. The van der Waals surface area contributed by atoms with E-state index in [1.807, 2.05) is 13.8 Å². The lowest BCUT2D eigenvalue weighted by Gasteiger charge is -2.62. The van der Waals surface area contributed by atoms with Crippen LogP contribution in [0.2, 0.25) is 0 Å². The minimum absolute atomic E-state index is 0.0158. The molecule has 0 aromatic heterocycles. The van der Waals surface area contributed by atoms with Crippen LogP contribution < -0.4 is 0 Å². The van der Waals surface area contributed by atoms with Gasteiger partial charge in [-0.25, -0.2) is 9.59 Å². The van der Waals surface area contributed by atoms with Gasteiger partial charge in [0.05, 0.1) is 6.10 Å². The molecule has 2 bridgehead atoms. The number of hydrogen-bond acceptors (Lipinski definition) is 6. The molecule has 198 valence electrons. The van der Waals surface area contributed by atoms with Crippen molar-refractivity contribution >= 4 is 11.9 Å². The van der Waals surface area contributed by atoms with Gasteiger partial charge in [-0.1, -0.05) is 19.9 Å². The monoisotopic (exact) mass is 498 g/mol. The van der Waals surface area contributed by atoms with Crippen molar-refractivity contribution in [3.63, 3.8) is 0 Å². The van der Waals surface area contributed by atoms with E-state index in [4.69, 9.17) is 9.47 Å². The van der Waals surface area contributed by atoms with Crippen molar-refractivity contribution in [2.45, 2.75) is 109 Å². The fourth-order valence-electron chi connectivity index (χ4n) is 11.7. The van der Waals surface area contributed by atoms with Gasteiger partial charge in [-0.05, 0) is 106 Å². The first-order valence-electron chi connectivity index (χ1n) is 14.3. The van der Waals surface area contributed by atoms with E-state index in [1.165, 1.54) is 0 Å². The summed E-state index contributed by atoms with van der Waals surface area (Å²) in [6, 6.07) is 0. The summed E-state index contributed by atoms with van der Waals surface area (Å²) in [4.78, 5) is 25.0. The molecule has 7 aliphatic rings.